The molecule has 0 aliphatic rings. The Hall–Kier alpha value is -0.620. The Bertz CT molecular complexity index is 516. The van der Waals surface area contributed by atoms with Crippen molar-refractivity contribution in [2.45, 2.75) is 6.92 Å². The molecule has 0 N–H and O–H groups in total. The van der Waals surface area contributed by atoms with Gasteiger partial charge in [0, 0.05) is 19.8 Å². The molecule has 4 heteroatoms. The molecule has 0 radical (unpaired) electrons. The topological polar surface area (TPSA) is 22.1 Å². The summed E-state index contributed by atoms with van der Waals surface area (Å²) in [7, 11) is 0. The SMILES string of the molecule is Cc1cc(Br)cnc1Oc1cccc(I)c1. The molecule has 0 amide bonds. The smallest absolute Gasteiger partial charge is 0.222 e. The van der Waals surface area contributed by atoms with Gasteiger partial charge in [0.2, 0.25) is 5.88 Å². The van der Waals surface area contributed by atoms with Gasteiger partial charge >= 0.3 is 0 Å². The largest absolute Gasteiger partial charge is 0.439 e. The lowest BCUT2D eigenvalue weighted by atomic mass is 10.3. The summed E-state index contributed by atoms with van der Waals surface area (Å²) in [5, 5.41) is 0. The third kappa shape index (κ3) is 2.95. The first-order valence-corrected chi connectivity index (χ1v) is 6.58. The van der Waals surface area contributed by atoms with Gasteiger partial charge in [-0.05, 0) is 69.7 Å². The molecule has 16 heavy (non-hydrogen) atoms. The van der Waals surface area contributed by atoms with Crippen molar-refractivity contribution >= 4 is 38.5 Å². The highest BCUT2D eigenvalue weighted by atomic mass is 127. The van der Waals surface area contributed by atoms with Crippen LogP contribution in [0.15, 0.2) is 41.0 Å². The molecule has 0 aliphatic heterocycles. The van der Waals surface area contributed by atoms with Crippen molar-refractivity contribution in [3.63, 3.8) is 0 Å². The summed E-state index contributed by atoms with van der Waals surface area (Å²) >= 11 is 5.63. The van der Waals surface area contributed by atoms with E-state index in [1.54, 1.807) is 6.20 Å². The van der Waals surface area contributed by atoms with Crippen LogP contribution in [0.25, 0.3) is 0 Å². The van der Waals surface area contributed by atoms with Crippen molar-refractivity contribution in [2.24, 2.45) is 0 Å². The van der Waals surface area contributed by atoms with E-state index in [9.17, 15) is 0 Å². The Kier molecular flexibility index (Phi) is 3.81. The molecular weight excluding hydrogens is 381 g/mol. The molecule has 2 aromatic rings. The van der Waals surface area contributed by atoms with Gasteiger partial charge in [0.05, 0.1) is 0 Å². The van der Waals surface area contributed by atoms with Crippen molar-refractivity contribution in [1.82, 2.24) is 4.98 Å². The second-order valence-electron chi connectivity index (χ2n) is 3.34. The van der Waals surface area contributed by atoms with E-state index in [0.29, 0.717) is 5.88 Å². The molecule has 1 aromatic carbocycles. The molecular formula is C12H9BrINO. The summed E-state index contributed by atoms with van der Waals surface area (Å²) in [4.78, 5) is 4.23. The molecule has 0 atom stereocenters. The molecule has 1 heterocycles. The monoisotopic (exact) mass is 389 g/mol. The summed E-state index contributed by atoms with van der Waals surface area (Å²) < 4.78 is 7.81. The van der Waals surface area contributed by atoms with Gasteiger partial charge in [-0.25, -0.2) is 4.98 Å². The van der Waals surface area contributed by atoms with Gasteiger partial charge in [-0.1, -0.05) is 6.07 Å². The van der Waals surface area contributed by atoms with Crippen LogP contribution in [0.5, 0.6) is 11.6 Å². The fourth-order valence-corrected chi connectivity index (χ4v) is 2.24. The van der Waals surface area contributed by atoms with E-state index in [2.05, 4.69) is 43.5 Å². The quantitative estimate of drug-likeness (QED) is 0.703. The number of nitrogens with zero attached hydrogens (tertiary/aromatic N) is 1. The van der Waals surface area contributed by atoms with Crippen molar-refractivity contribution in [3.8, 4) is 11.6 Å². The average molecular weight is 390 g/mol. The lowest BCUT2D eigenvalue weighted by molar-refractivity contribution is 0.458. The molecule has 0 spiro atoms. The fourth-order valence-electron chi connectivity index (χ4n) is 1.28. The van der Waals surface area contributed by atoms with Gasteiger partial charge in [0.25, 0.3) is 0 Å². The van der Waals surface area contributed by atoms with Crippen LogP contribution in [-0.2, 0) is 0 Å². The van der Waals surface area contributed by atoms with E-state index >= 15 is 0 Å². The highest BCUT2D eigenvalue weighted by molar-refractivity contribution is 14.1. The van der Waals surface area contributed by atoms with Crippen LogP contribution in [0, 0.1) is 10.5 Å². The summed E-state index contributed by atoms with van der Waals surface area (Å²) in [6.07, 6.45) is 1.73. The maximum absolute atomic E-state index is 5.71. The summed E-state index contributed by atoms with van der Waals surface area (Å²) in [5.74, 6) is 1.45. The number of benzene rings is 1. The molecule has 82 valence electrons. The van der Waals surface area contributed by atoms with E-state index in [4.69, 9.17) is 4.74 Å². The first kappa shape index (κ1) is 11.9. The second-order valence-corrected chi connectivity index (χ2v) is 5.50. The first-order valence-electron chi connectivity index (χ1n) is 4.71. The molecule has 0 unspecified atom stereocenters. The van der Waals surface area contributed by atoms with Gasteiger partial charge < -0.3 is 4.74 Å². The average Bonchev–Trinajstić information content (AvgIpc) is 2.22. The minimum Gasteiger partial charge on any atom is -0.439 e. The minimum atomic E-state index is 0.644. The van der Waals surface area contributed by atoms with Gasteiger partial charge in [-0.2, -0.15) is 0 Å². The highest BCUT2D eigenvalue weighted by Gasteiger charge is 2.03. The lowest BCUT2D eigenvalue weighted by Gasteiger charge is -2.07. The zero-order valence-electron chi connectivity index (χ0n) is 8.58. The third-order valence-electron chi connectivity index (χ3n) is 2.01. The Balaban J connectivity index is 2.27. The van der Waals surface area contributed by atoms with E-state index in [1.807, 2.05) is 37.3 Å². The summed E-state index contributed by atoms with van der Waals surface area (Å²) in [6.45, 7) is 1.97. The van der Waals surface area contributed by atoms with Crippen molar-refractivity contribution < 1.29 is 4.74 Å². The number of rotatable bonds is 2. The van der Waals surface area contributed by atoms with Crippen LogP contribution in [0.1, 0.15) is 5.56 Å². The zero-order chi connectivity index (χ0) is 11.5. The first-order chi connectivity index (χ1) is 7.65. The Morgan fingerprint density at radius 2 is 2.12 bits per heavy atom. The maximum Gasteiger partial charge on any atom is 0.222 e. The van der Waals surface area contributed by atoms with Gasteiger partial charge in [-0.15, -0.1) is 0 Å². The van der Waals surface area contributed by atoms with E-state index in [-0.39, 0.29) is 0 Å². The van der Waals surface area contributed by atoms with E-state index in [0.717, 1.165) is 19.4 Å². The maximum atomic E-state index is 5.71. The standard InChI is InChI=1S/C12H9BrINO/c1-8-5-9(13)7-15-12(8)16-11-4-2-3-10(14)6-11/h2-7H,1H3. The number of pyridine rings is 1. The van der Waals surface area contributed by atoms with E-state index in [1.165, 1.54) is 0 Å². The number of aryl methyl sites for hydroxylation is 1. The number of aromatic nitrogens is 1. The zero-order valence-corrected chi connectivity index (χ0v) is 12.3. The summed E-state index contributed by atoms with van der Waals surface area (Å²) in [6, 6.07) is 9.87. The highest BCUT2D eigenvalue weighted by Crippen LogP contribution is 2.25. The number of hydrogen-bond acceptors (Lipinski definition) is 2. The van der Waals surface area contributed by atoms with Gasteiger partial charge in [0.1, 0.15) is 5.75 Å². The Morgan fingerprint density at radius 1 is 1.31 bits per heavy atom. The van der Waals surface area contributed by atoms with Gasteiger partial charge in [0.15, 0.2) is 0 Å². The predicted molar refractivity (Wildman–Crippen MR) is 75.9 cm³/mol. The second kappa shape index (κ2) is 5.14. The van der Waals surface area contributed by atoms with Crippen LogP contribution in [0.4, 0.5) is 0 Å². The molecule has 2 nitrogen and oxygen atoms in total. The Morgan fingerprint density at radius 3 is 2.81 bits per heavy atom. The number of hydrogen-bond donors (Lipinski definition) is 0. The van der Waals surface area contributed by atoms with Crippen molar-refractivity contribution in [3.05, 3.63) is 50.1 Å². The Labute approximate surface area is 116 Å². The molecule has 0 fully saturated rings. The number of halogens is 2. The molecule has 2 rings (SSSR count). The minimum absolute atomic E-state index is 0.644. The van der Waals surface area contributed by atoms with Crippen molar-refractivity contribution in [2.75, 3.05) is 0 Å². The molecule has 0 saturated carbocycles. The van der Waals surface area contributed by atoms with Crippen LogP contribution in [-0.4, -0.2) is 4.98 Å². The van der Waals surface area contributed by atoms with E-state index < -0.39 is 0 Å². The lowest BCUT2D eigenvalue weighted by Crippen LogP contribution is -1.91. The normalized spacial score (nSPS) is 10.2. The number of ether oxygens (including phenoxy) is 1. The summed E-state index contributed by atoms with van der Waals surface area (Å²) in [5.41, 5.74) is 1.01. The molecule has 0 aliphatic carbocycles. The van der Waals surface area contributed by atoms with Crippen LogP contribution >= 0.6 is 38.5 Å². The fraction of sp³-hybridized carbons (Fsp3) is 0.0833. The van der Waals surface area contributed by atoms with Crippen LogP contribution in [0.2, 0.25) is 0 Å². The third-order valence-corrected chi connectivity index (χ3v) is 3.11. The molecule has 0 saturated heterocycles. The van der Waals surface area contributed by atoms with Crippen molar-refractivity contribution in [1.29, 1.82) is 0 Å². The predicted octanol–water partition coefficient (Wildman–Crippen LogP) is 4.55. The van der Waals surface area contributed by atoms with Gasteiger partial charge in [-0.3, -0.25) is 0 Å². The molecule has 0 bridgehead atoms. The molecule has 1 aromatic heterocycles. The van der Waals surface area contributed by atoms with Crippen LogP contribution in [0.3, 0.4) is 0 Å². The van der Waals surface area contributed by atoms with Crippen LogP contribution < -0.4 is 4.74 Å².